The maximum atomic E-state index is 14.1. The predicted molar refractivity (Wildman–Crippen MR) is 308 cm³/mol. The lowest BCUT2D eigenvalue weighted by atomic mass is 10.2. The summed E-state index contributed by atoms with van der Waals surface area (Å²) in [4.78, 5) is 75.7. The first-order valence-corrected chi connectivity index (χ1v) is 29.7. The van der Waals surface area contributed by atoms with E-state index in [-0.39, 0.29) is 46.2 Å². The zero-order chi connectivity index (χ0) is 59.0. The Balaban J connectivity index is 0.000000271. The predicted octanol–water partition coefficient (Wildman–Crippen LogP) is 9.28. The summed E-state index contributed by atoms with van der Waals surface area (Å²) in [6, 6.07) is 60.3. The van der Waals surface area contributed by atoms with Crippen LogP contribution in [-0.4, -0.2) is 73.4 Å². The van der Waals surface area contributed by atoms with Crippen molar-refractivity contribution >= 4 is 51.1 Å². The smallest absolute Gasteiger partial charge is 0.407 e. The molecule has 0 aromatic heterocycles. The fourth-order valence-electron chi connectivity index (χ4n) is 7.29. The molecular formula is C61H65N5O15P2. The van der Waals surface area contributed by atoms with Gasteiger partial charge in [-0.15, -0.1) is 0 Å². The van der Waals surface area contributed by atoms with Crippen LogP contribution in [0.1, 0.15) is 38.9 Å². The number of rotatable bonds is 29. The molecule has 0 heterocycles. The minimum Gasteiger partial charge on any atom is -0.459 e. The summed E-state index contributed by atoms with van der Waals surface area (Å²) < 4.78 is 65.1. The van der Waals surface area contributed by atoms with Gasteiger partial charge in [0.05, 0.1) is 32.1 Å². The van der Waals surface area contributed by atoms with E-state index in [4.69, 9.17) is 38.0 Å². The van der Waals surface area contributed by atoms with Gasteiger partial charge in [-0.2, -0.15) is 0 Å². The minimum atomic E-state index is -4.02. The molecule has 7 aromatic carbocycles. The maximum absolute atomic E-state index is 14.1. The third kappa shape index (κ3) is 25.3. The first kappa shape index (κ1) is 63.4. The molecule has 7 rings (SSSR count). The Morgan fingerprint density at radius 1 is 0.349 bits per heavy atom. The highest BCUT2D eigenvalue weighted by atomic mass is 31.2. The van der Waals surface area contributed by atoms with Gasteiger partial charge in [0.1, 0.15) is 51.6 Å². The molecule has 0 bridgehead atoms. The van der Waals surface area contributed by atoms with Gasteiger partial charge in [0.2, 0.25) is 11.8 Å². The van der Waals surface area contributed by atoms with Gasteiger partial charge >= 0.3 is 31.7 Å². The minimum absolute atomic E-state index is 0.0173. The molecule has 7 aromatic rings. The molecule has 0 fully saturated rings. The SMILES string of the molecule is NP(=O)(C[C@H](NC(=O)CNC(=O)OCc1ccccc1)C(=O)OCc1ccccc1)OCc1ccccc1.O=C(CNC(=O)OCc1ccccc1)N[C@@H](CP(=O)(OCc1ccccc1)OCc1ccccc1)C(=O)OCc1ccccc1. The summed E-state index contributed by atoms with van der Waals surface area (Å²) in [5.41, 5.74) is 11.1. The van der Waals surface area contributed by atoms with E-state index in [1.807, 2.05) is 78.9 Å². The second-order valence-corrected chi connectivity index (χ2v) is 22.4. The number of amides is 4. The van der Waals surface area contributed by atoms with Crippen molar-refractivity contribution in [3.63, 3.8) is 0 Å². The van der Waals surface area contributed by atoms with E-state index >= 15 is 0 Å². The van der Waals surface area contributed by atoms with Gasteiger partial charge in [-0.3, -0.25) is 24.2 Å². The zero-order valence-electron chi connectivity index (χ0n) is 45.2. The number of esters is 2. The van der Waals surface area contributed by atoms with Crippen molar-refractivity contribution in [2.75, 3.05) is 25.4 Å². The highest BCUT2D eigenvalue weighted by Gasteiger charge is 2.36. The number of hydrogen-bond acceptors (Lipinski definition) is 15. The molecular weight excluding hydrogens is 1100 g/mol. The second-order valence-electron chi connectivity index (χ2n) is 18.2. The third-order valence-corrected chi connectivity index (χ3v) is 14.9. The Morgan fingerprint density at radius 3 is 0.904 bits per heavy atom. The van der Waals surface area contributed by atoms with E-state index < -0.39 is 88.6 Å². The topological polar surface area (TPSA) is 275 Å². The van der Waals surface area contributed by atoms with Crippen LogP contribution in [0.2, 0.25) is 0 Å². The molecule has 0 aliphatic carbocycles. The van der Waals surface area contributed by atoms with Gasteiger partial charge in [-0.05, 0) is 38.9 Å². The van der Waals surface area contributed by atoms with Gasteiger partial charge in [0, 0.05) is 0 Å². The summed E-state index contributed by atoms with van der Waals surface area (Å²) in [7, 11) is -7.85. The van der Waals surface area contributed by atoms with E-state index in [1.165, 1.54) is 0 Å². The van der Waals surface area contributed by atoms with Crippen molar-refractivity contribution in [2.24, 2.45) is 5.50 Å². The molecule has 4 amide bonds. The summed E-state index contributed by atoms with van der Waals surface area (Å²) in [6.45, 7) is -1.23. The standard InChI is InChI=1S/C34H35N2O8P.C27H30N3O7P/c37-32(21-35-34(39)42-23-28-15-7-2-8-16-28)36-31(33(38)41-22-27-13-5-1-6-14-27)26-45(40,43-24-29-17-9-3-10-18-29)44-25-30-19-11-4-12-20-30;28-38(34,37-19-23-14-8-3-9-15-23)20-24(26(32)35-17-21-10-4-1-5-11-21)30-25(31)16-29-27(33)36-18-22-12-6-2-7-13-22/h1-20,31H,21-26H2,(H,35,39)(H,36,37);1-15,24H,16-20H2,(H2,28,34)(H,29,33)(H,30,31)/t31-;24-,38?/m00/s1. The van der Waals surface area contributed by atoms with E-state index in [2.05, 4.69) is 21.3 Å². The summed E-state index contributed by atoms with van der Waals surface area (Å²) in [5, 5.41) is 9.60. The monoisotopic (exact) mass is 1170 g/mol. The third-order valence-electron chi connectivity index (χ3n) is 11.6. The summed E-state index contributed by atoms with van der Waals surface area (Å²) in [6.07, 6.45) is -2.65. The lowest BCUT2D eigenvalue weighted by Crippen LogP contribution is -2.48. The number of ether oxygens (including phenoxy) is 4. The van der Waals surface area contributed by atoms with Crippen LogP contribution in [0.4, 0.5) is 9.59 Å². The molecule has 1 unspecified atom stereocenters. The maximum Gasteiger partial charge on any atom is 0.407 e. The highest BCUT2D eigenvalue weighted by molar-refractivity contribution is 7.56. The number of alkyl carbamates (subject to hydrolysis) is 2. The molecule has 3 atom stereocenters. The molecule has 0 spiro atoms. The van der Waals surface area contributed by atoms with Crippen molar-refractivity contribution in [3.8, 4) is 0 Å². The van der Waals surface area contributed by atoms with Crippen LogP contribution in [0.3, 0.4) is 0 Å². The average Bonchev–Trinajstić information content (AvgIpc) is 3.53. The van der Waals surface area contributed by atoms with Crippen molar-refractivity contribution in [1.82, 2.24) is 21.3 Å². The van der Waals surface area contributed by atoms with Gasteiger partial charge in [0.15, 0.2) is 0 Å². The Kier molecular flexibility index (Phi) is 26.4. The first-order chi connectivity index (χ1) is 40.2. The lowest BCUT2D eigenvalue weighted by Gasteiger charge is -2.24. The van der Waals surface area contributed by atoms with Crippen LogP contribution in [0.25, 0.3) is 0 Å². The number of benzene rings is 7. The molecule has 6 N–H and O–H groups in total. The van der Waals surface area contributed by atoms with Crippen LogP contribution < -0.4 is 26.8 Å². The van der Waals surface area contributed by atoms with E-state index in [0.717, 1.165) is 38.9 Å². The van der Waals surface area contributed by atoms with Gasteiger partial charge in [-0.25, -0.2) is 19.2 Å². The molecule has 83 heavy (non-hydrogen) atoms. The zero-order valence-corrected chi connectivity index (χ0v) is 47.0. The molecule has 0 saturated heterocycles. The van der Waals surface area contributed by atoms with Crippen LogP contribution in [0.5, 0.6) is 0 Å². The quantitative estimate of drug-likeness (QED) is 0.0166. The van der Waals surface area contributed by atoms with Crippen molar-refractivity contribution in [2.45, 2.75) is 58.3 Å². The van der Waals surface area contributed by atoms with E-state index in [1.54, 1.807) is 133 Å². The Hall–Kier alpha value is -8.74. The Labute approximate surface area is 481 Å². The number of nitrogens with one attached hydrogen (secondary N) is 4. The van der Waals surface area contributed by atoms with Gasteiger partial charge in [0.25, 0.3) is 7.52 Å². The average molecular weight is 1170 g/mol. The second kappa shape index (κ2) is 34.5. The number of hydrogen-bond donors (Lipinski definition) is 5. The van der Waals surface area contributed by atoms with Crippen molar-refractivity contribution in [3.05, 3.63) is 251 Å². The normalized spacial score (nSPS) is 12.3. The highest BCUT2D eigenvalue weighted by Crippen LogP contribution is 2.50. The Morgan fingerprint density at radius 2 is 0.602 bits per heavy atom. The molecule has 0 aliphatic rings. The number of carbonyl (C=O) groups is 6. The van der Waals surface area contributed by atoms with Gasteiger partial charge < -0.3 is 53.8 Å². The number of carbonyl (C=O) groups excluding carboxylic acids is 6. The molecule has 434 valence electrons. The van der Waals surface area contributed by atoms with Crippen LogP contribution in [0.15, 0.2) is 212 Å². The van der Waals surface area contributed by atoms with E-state index in [9.17, 15) is 37.9 Å². The molecule has 0 saturated carbocycles. The van der Waals surface area contributed by atoms with Crippen molar-refractivity contribution in [1.29, 1.82) is 0 Å². The van der Waals surface area contributed by atoms with Gasteiger partial charge in [-0.1, -0.05) is 212 Å². The van der Waals surface area contributed by atoms with Crippen LogP contribution in [0, 0.1) is 0 Å². The van der Waals surface area contributed by atoms with E-state index in [0.29, 0.717) is 0 Å². The lowest BCUT2D eigenvalue weighted by molar-refractivity contribution is -0.148. The first-order valence-electron chi connectivity index (χ1n) is 26.1. The van der Waals surface area contributed by atoms with Crippen LogP contribution >= 0.6 is 15.1 Å². The molecule has 0 aliphatic heterocycles. The largest absolute Gasteiger partial charge is 0.459 e. The Bertz CT molecular complexity index is 3150. The molecule has 22 heteroatoms. The van der Waals surface area contributed by atoms with Crippen molar-refractivity contribution < 1.29 is 70.4 Å². The summed E-state index contributed by atoms with van der Waals surface area (Å²) in [5.74, 6) is -3.15. The molecule has 0 radical (unpaired) electrons. The van der Waals surface area contributed by atoms with Crippen LogP contribution in [-0.2, 0) is 107 Å². The number of nitrogens with two attached hydrogens (primary N) is 1. The summed E-state index contributed by atoms with van der Waals surface area (Å²) >= 11 is 0. The fourth-order valence-corrected chi connectivity index (χ4v) is 10.2. The molecule has 20 nitrogen and oxygen atoms in total. The fraction of sp³-hybridized carbons (Fsp3) is 0.213.